The van der Waals surface area contributed by atoms with Crippen molar-refractivity contribution in [3.05, 3.63) is 65.7 Å². The number of ether oxygens (including phenoxy) is 7. The minimum Gasteiger partial charge on any atom is -0.481 e. The van der Waals surface area contributed by atoms with Crippen molar-refractivity contribution in [2.24, 2.45) is 10.3 Å². The quantitative estimate of drug-likeness (QED) is 0.0703. The number of carbonyl (C=O) groups is 6. The average molecular weight is 684 g/mol. The van der Waals surface area contributed by atoms with E-state index in [0.717, 1.165) is 27.7 Å². The Hall–Kier alpha value is -5.64. The highest BCUT2D eigenvalue weighted by Crippen LogP contribution is 2.30. The molecule has 0 saturated carbocycles. The van der Waals surface area contributed by atoms with Gasteiger partial charge >= 0.3 is 29.8 Å². The molecule has 2 aromatic carbocycles. The Morgan fingerprint density at radius 3 is 2.00 bits per heavy atom. The first-order valence-corrected chi connectivity index (χ1v) is 14.9. The maximum atomic E-state index is 13.0. The van der Waals surface area contributed by atoms with Gasteiger partial charge in [-0.05, 0) is 42.5 Å². The van der Waals surface area contributed by atoms with Crippen LogP contribution in [0.2, 0.25) is 0 Å². The molecule has 0 radical (unpaired) electrons. The fourth-order valence-corrected chi connectivity index (χ4v) is 4.43. The van der Waals surface area contributed by atoms with Crippen LogP contribution in [-0.2, 0) is 52.4 Å². The monoisotopic (exact) mass is 683 g/mol. The molecule has 1 heterocycles. The van der Waals surface area contributed by atoms with Gasteiger partial charge in [0.15, 0.2) is 24.6 Å². The summed E-state index contributed by atoms with van der Waals surface area (Å²) in [6, 6.07) is 13.1. The molecule has 5 atom stereocenters. The third-order valence-corrected chi connectivity index (χ3v) is 6.37. The number of nitrogens with zero attached hydrogens (tertiary/aromatic N) is 3. The lowest BCUT2D eigenvalue weighted by atomic mass is 9.98. The number of hydrogen-bond donors (Lipinski definition) is 0. The van der Waals surface area contributed by atoms with Crippen LogP contribution in [0.3, 0.4) is 0 Å². The van der Waals surface area contributed by atoms with E-state index in [0.29, 0.717) is 16.8 Å². The largest absolute Gasteiger partial charge is 0.481 e. The van der Waals surface area contributed by atoms with E-state index in [2.05, 4.69) is 10.3 Å². The van der Waals surface area contributed by atoms with Gasteiger partial charge in [0.1, 0.15) is 18.5 Å². The minimum atomic E-state index is -1.71. The van der Waals surface area contributed by atoms with Gasteiger partial charge in [-0.15, -0.1) is 5.11 Å². The standard InChI is InChI=1S/C33H37N3O13/c1-19(37)43-17-28-30(45-20(2)38)31(46-21(3)39)32(47-22(4)40)33(48-28)49-29(42)18-44-27-10-8-7-9-24(27)13-16-26(41)23-11-14-25(15-12-23)34-35-36(5)6/h7-16,28,30-33H,17-18H2,1-6H3/b16-13+,35-34?/t28-,30-,31+,32-,33+/m0/s1. The summed E-state index contributed by atoms with van der Waals surface area (Å²) in [5, 5.41) is 9.48. The maximum absolute atomic E-state index is 13.0. The van der Waals surface area contributed by atoms with Crippen LogP contribution >= 0.6 is 0 Å². The van der Waals surface area contributed by atoms with E-state index in [1.807, 2.05) is 0 Å². The highest BCUT2D eigenvalue weighted by molar-refractivity contribution is 6.07. The first-order valence-electron chi connectivity index (χ1n) is 14.9. The Labute approximate surface area is 281 Å². The second-order valence-electron chi connectivity index (χ2n) is 10.7. The summed E-state index contributed by atoms with van der Waals surface area (Å²) in [4.78, 5) is 73.3. The third kappa shape index (κ3) is 12.2. The zero-order valence-corrected chi connectivity index (χ0v) is 27.7. The van der Waals surface area contributed by atoms with Crippen molar-refractivity contribution in [2.45, 2.75) is 58.4 Å². The molecule has 1 aliphatic rings. The van der Waals surface area contributed by atoms with Gasteiger partial charge in [-0.25, -0.2) is 4.79 Å². The van der Waals surface area contributed by atoms with Crippen molar-refractivity contribution < 1.29 is 61.9 Å². The molecule has 1 aliphatic heterocycles. The van der Waals surface area contributed by atoms with Gasteiger partial charge in [-0.2, -0.15) is 0 Å². The second-order valence-corrected chi connectivity index (χ2v) is 10.7. The average Bonchev–Trinajstić information content (AvgIpc) is 3.03. The van der Waals surface area contributed by atoms with Crippen LogP contribution in [0.15, 0.2) is 64.9 Å². The van der Waals surface area contributed by atoms with Crippen molar-refractivity contribution in [3.63, 3.8) is 0 Å². The Balaban J connectivity index is 1.75. The number of hydrogen-bond acceptors (Lipinski definition) is 15. The third-order valence-electron chi connectivity index (χ3n) is 6.37. The van der Waals surface area contributed by atoms with E-state index in [9.17, 15) is 28.8 Å². The topological polar surface area (TPSA) is 195 Å². The molecular weight excluding hydrogens is 646 g/mol. The molecule has 16 heteroatoms. The molecule has 49 heavy (non-hydrogen) atoms. The highest BCUT2D eigenvalue weighted by atomic mass is 16.8. The fourth-order valence-electron chi connectivity index (χ4n) is 4.43. The number of rotatable bonds is 14. The maximum Gasteiger partial charge on any atom is 0.346 e. The smallest absolute Gasteiger partial charge is 0.346 e. The summed E-state index contributed by atoms with van der Waals surface area (Å²) < 4.78 is 37.8. The zero-order valence-electron chi connectivity index (χ0n) is 27.7. The molecule has 0 N–H and O–H groups in total. The second kappa shape index (κ2) is 18.1. The summed E-state index contributed by atoms with van der Waals surface area (Å²) >= 11 is 0. The molecule has 3 rings (SSSR count). The first kappa shape index (κ1) is 37.8. The Morgan fingerprint density at radius 1 is 0.776 bits per heavy atom. The molecule has 0 spiro atoms. The predicted octanol–water partition coefficient (Wildman–Crippen LogP) is 3.15. The SMILES string of the molecule is CC(=O)OC[C@@H]1O[C@H](OC(=O)COc2ccccc2/C=C/C(=O)c2ccc(N=NN(C)C)cc2)[C@@H](OC(C)=O)[C@H](OC(C)=O)[C@H]1OC(C)=O. The van der Waals surface area contributed by atoms with Crippen molar-refractivity contribution in [2.75, 3.05) is 27.3 Å². The van der Waals surface area contributed by atoms with Crippen molar-refractivity contribution >= 4 is 47.4 Å². The van der Waals surface area contributed by atoms with Crippen LogP contribution in [-0.4, -0.2) is 98.7 Å². The fraction of sp³-hybridized carbons (Fsp3) is 0.394. The lowest BCUT2D eigenvalue weighted by Crippen LogP contribution is -2.63. The minimum absolute atomic E-state index is 0.226. The highest BCUT2D eigenvalue weighted by Gasteiger charge is 2.53. The molecule has 0 aliphatic carbocycles. The summed E-state index contributed by atoms with van der Waals surface area (Å²) in [5.41, 5.74) is 1.45. The van der Waals surface area contributed by atoms with Crippen molar-refractivity contribution in [1.82, 2.24) is 5.01 Å². The number of benzene rings is 2. The van der Waals surface area contributed by atoms with Crippen LogP contribution in [0.1, 0.15) is 43.6 Å². The zero-order chi connectivity index (χ0) is 36.1. The molecule has 1 saturated heterocycles. The van der Waals surface area contributed by atoms with Gasteiger partial charge in [-0.1, -0.05) is 23.4 Å². The van der Waals surface area contributed by atoms with E-state index in [1.54, 1.807) is 62.6 Å². The number of carbonyl (C=O) groups excluding carboxylic acids is 6. The molecular formula is C33H37N3O13. The lowest BCUT2D eigenvalue weighted by molar-refractivity contribution is -0.301. The van der Waals surface area contributed by atoms with Gasteiger partial charge in [0, 0.05) is 52.9 Å². The molecule has 2 aromatic rings. The lowest BCUT2D eigenvalue weighted by Gasteiger charge is -2.43. The Kier molecular flexibility index (Phi) is 13.9. The summed E-state index contributed by atoms with van der Waals surface area (Å²) in [6.07, 6.45) is -4.67. The summed E-state index contributed by atoms with van der Waals surface area (Å²) in [7, 11) is 3.47. The van der Waals surface area contributed by atoms with Crippen LogP contribution in [0.4, 0.5) is 5.69 Å². The molecule has 0 amide bonds. The summed E-state index contributed by atoms with van der Waals surface area (Å²) in [5.74, 6) is -4.27. The van der Waals surface area contributed by atoms with E-state index >= 15 is 0 Å². The molecule has 1 fully saturated rings. The molecule has 0 bridgehead atoms. The number of ketones is 1. The van der Waals surface area contributed by atoms with E-state index in [4.69, 9.17) is 33.2 Å². The van der Waals surface area contributed by atoms with Gasteiger partial charge in [0.05, 0.1) is 5.69 Å². The van der Waals surface area contributed by atoms with Crippen LogP contribution < -0.4 is 4.74 Å². The van der Waals surface area contributed by atoms with Crippen LogP contribution in [0.25, 0.3) is 6.08 Å². The number of esters is 5. The van der Waals surface area contributed by atoms with E-state index in [1.165, 1.54) is 17.2 Å². The van der Waals surface area contributed by atoms with Gasteiger partial charge in [-0.3, -0.25) is 29.0 Å². The molecule has 16 nitrogen and oxygen atoms in total. The molecule has 0 unspecified atom stereocenters. The van der Waals surface area contributed by atoms with Crippen LogP contribution in [0.5, 0.6) is 5.75 Å². The number of para-hydroxylation sites is 1. The first-order chi connectivity index (χ1) is 23.2. The van der Waals surface area contributed by atoms with Gasteiger partial charge < -0.3 is 33.2 Å². The Bertz CT molecular complexity index is 1570. The van der Waals surface area contributed by atoms with Crippen molar-refractivity contribution in [3.8, 4) is 5.75 Å². The summed E-state index contributed by atoms with van der Waals surface area (Å²) in [6.45, 7) is 3.17. The van der Waals surface area contributed by atoms with Crippen molar-refractivity contribution in [1.29, 1.82) is 0 Å². The number of allylic oxidation sites excluding steroid dienone is 1. The normalized spacial score (nSPS) is 20.2. The van der Waals surface area contributed by atoms with Gasteiger partial charge in [0.25, 0.3) is 0 Å². The molecule has 262 valence electrons. The van der Waals surface area contributed by atoms with E-state index in [-0.39, 0.29) is 11.5 Å². The predicted molar refractivity (Wildman–Crippen MR) is 168 cm³/mol. The van der Waals surface area contributed by atoms with E-state index < -0.39 is 73.8 Å². The van der Waals surface area contributed by atoms with Gasteiger partial charge in [0.2, 0.25) is 12.4 Å². The van der Waals surface area contributed by atoms with Crippen LogP contribution in [0, 0.1) is 0 Å². The Morgan fingerprint density at radius 2 is 1.39 bits per heavy atom. The molecule has 0 aromatic heterocycles.